The molecule has 0 spiro atoms. The molecular formula is C20H31BN2O6. The molecular weight excluding hydrogens is 375 g/mol. The van der Waals surface area contributed by atoms with Gasteiger partial charge < -0.3 is 30.5 Å². The van der Waals surface area contributed by atoms with Gasteiger partial charge in [-0.15, -0.1) is 0 Å². The van der Waals surface area contributed by atoms with Crippen molar-refractivity contribution in [1.82, 2.24) is 10.6 Å². The Kier molecular flexibility index (Phi) is 8.49. The summed E-state index contributed by atoms with van der Waals surface area (Å²) in [5.41, 5.74) is 2.14. The van der Waals surface area contributed by atoms with Crippen LogP contribution in [0.4, 0.5) is 0 Å². The van der Waals surface area contributed by atoms with Gasteiger partial charge in [0, 0.05) is 5.92 Å². The normalized spacial score (nSPS) is 17.8. The molecule has 0 aromatic heterocycles. The average molecular weight is 406 g/mol. The van der Waals surface area contributed by atoms with Gasteiger partial charge >= 0.3 is 7.12 Å². The van der Waals surface area contributed by atoms with Crippen molar-refractivity contribution in [3.63, 3.8) is 0 Å². The lowest BCUT2D eigenvalue weighted by Crippen LogP contribution is -2.56. The van der Waals surface area contributed by atoms with Gasteiger partial charge in [0.05, 0.1) is 19.7 Å². The predicted octanol–water partition coefficient (Wildman–Crippen LogP) is -0.180. The van der Waals surface area contributed by atoms with E-state index in [1.54, 1.807) is 7.11 Å². The number of rotatable bonds is 9. The number of carbonyl (C=O) groups excluding carboxylic acids is 2. The van der Waals surface area contributed by atoms with E-state index in [0.717, 1.165) is 16.9 Å². The second kappa shape index (κ2) is 10.6. The number of nitrogens with one attached hydrogen (secondary N) is 2. The summed E-state index contributed by atoms with van der Waals surface area (Å²) < 4.78 is 5.38. The van der Waals surface area contributed by atoms with Gasteiger partial charge in [0.15, 0.2) is 0 Å². The minimum absolute atomic E-state index is 0.128. The Balaban J connectivity index is 1.99. The van der Waals surface area contributed by atoms with E-state index in [1.807, 2.05) is 32.0 Å². The van der Waals surface area contributed by atoms with Crippen LogP contribution in [0.1, 0.15) is 37.8 Å². The van der Waals surface area contributed by atoms with Gasteiger partial charge in [-0.3, -0.25) is 9.59 Å². The third-order valence-corrected chi connectivity index (χ3v) is 5.26. The SMILES string of the molecule is COc1cccc2c1CCC(C(=O)N[C@@H](CO)C(=O)N[C@@H](CC(C)C)B(O)O)C2. The lowest BCUT2D eigenvalue weighted by molar-refractivity contribution is -0.132. The highest BCUT2D eigenvalue weighted by Crippen LogP contribution is 2.32. The van der Waals surface area contributed by atoms with Crippen LogP contribution in [0.15, 0.2) is 18.2 Å². The van der Waals surface area contributed by atoms with Gasteiger partial charge in [0.25, 0.3) is 0 Å². The van der Waals surface area contributed by atoms with Crippen LogP contribution in [0.25, 0.3) is 0 Å². The third kappa shape index (κ3) is 6.19. The first kappa shape index (κ1) is 23.2. The molecule has 0 bridgehead atoms. The second-order valence-electron chi connectivity index (χ2n) is 7.94. The quantitative estimate of drug-likeness (QED) is 0.362. The van der Waals surface area contributed by atoms with Crippen LogP contribution in [-0.2, 0) is 22.4 Å². The molecule has 1 aromatic rings. The van der Waals surface area contributed by atoms with Crippen LogP contribution in [0.2, 0.25) is 0 Å². The molecule has 1 aromatic carbocycles. The van der Waals surface area contributed by atoms with E-state index < -0.39 is 31.6 Å². The van der Waals surface area contributed by atoms with Gasteiger partial charge in [-0.25, -0.2) is 0 Å². The van der Waals surface area contributed by atoms with Crippen molar-refractivity contribution in [2.24, 2.45) is 11.8 Å². The van der Waals surface area contributed by atoms with Crippen molar-refractivity contribution < 1.29 is 29.5 Å². The number of methoxy groups -OCH3 is 1. The fourth-order valence-corrected chi connectivity index (χ4v) is 3.72. The minimum atomic E-state index is -1.72. The molecule has 0 radical (unpaired) electrons. The van der Waals surface area contributed by atoms with E-state index >= 15 is 0 Å². The first-order valence-corrected chi connectivity index (χ1v) is 9.99. The summed E-state index contributed by atoms with van der Waals surface area (Å²) in [7, 11) is -0.101. The molecule has 5 N–H and O–H groups in total. The van der Waals surface area contributed by atoms with E-state index in [9.17, 15) is 24.7 Å². The third-order valence-electron chi connectivity index (χ3n) is 5.26. The molecule has 0 saturated carbocycles. The lowest BCUT2D eigenvalue weighted by atomic mass is 9.75. The van der Waals surface area contributed by atoms with Gasteiger partial charge in [0.2, 0.25) is 11.8 Å². The first-order chi connectivity index (χ1) is 13.8. The van der Waals surface area contributed by atoms with E-state index in [2.05, 4.69) is 10.6 Å². The maximum Gasteiger partial charge on any atom is 0.475 e. The Labute approximate surface area is 171 Å². The number of hydrogen-bond acceptors (Lipinski definition) is 6. The highest BCUT2D eigenvalue weighted by atomic mass is 16.5. The van der Waals surface area contributed by atoms with E-state index in [1.165, 1.54) is 0 Å². The maximum atomic E-state index is 12.7. The van der Waals surface area contributed by atoms with Crippen LogP contribution in [0, 0.1) is 11.8 Å². The van der Waals surface area contributed by atoms with Crippen LogP contribution in [-0.4, -0.2) is 59.8 Å². The van der Waals surface area contributed by atoms with Crippen molar-refractivity contribution in [3.05, 3.63) is 29.3 Å². The van der Waals surface area contributed by atoms with Crippen molar-refractivity contribution in [2.45, 2.75) is 51.5 Å². The standard InChI is InChI=1S/C20H31BN2O6/c1-12(2)9-18(21(27)28)23-20(26)16(11-24)22-19(25)14-7-8-15-13(10-14)5-4-6-17(15)29-3/h4-6,12,14,16,18,24,27-28H,7-11H2,1-3H3,(H,22,25)(H,23,26)/t14?,16-,18-/m0/s1. The molecule has 9 heteroatoms. The monoisotopic (exact) mass is 406 g/mol. The summed E-state index contributed by atoms with van der Waals surface area (Å²) in [5.74, 6) is -1.19. The number of aliphatic hydroxyl groups excluding tert-OH is 1. The number of hydrogen-bond donors (Lipinski definition) is 5. The Morgan fingerprint density at radius 3 is 2.59 bits per heavy atom. The Hall–Kier alpha value is -2.10. The van der Waals surface area contributed by atoms with Crippen LogP contribution in [0.3, 0.4) is 0 Å². The predicted molar refractivity (Wildman–Crippen MR) is 109 cm³/mol. The molecule has 1 aliphatic rings. The molecule has 8 nitrogen and oxygen atoms in total. The molecule has 0 heterocycles. The lowest BCUT2D eigenvalue weighted by Gasteiger charge is -2.27. The largest absolute Gasteiger partial charge is 0.496 e. The zero-order valence-corrected chi connectivity index (χ0v) is 17.2. The number of carbonyl (C=O) groups is 2. The van der Waals surface area contributed by atoms with E-state index in [0.29, 0.717) is 25.7 Å². The molecule has 2 rings (SSSR count). The number of ether oxygens (including phenoxy) is 1. The summed E-state index contributed by atoms with van der Waals surface area (Å²) in [5, 5.41) is 33.6. The van der Waals surface area contributed by atoms with Crippen molar-refractivity contribution in [3.8, 4) is 5.75 Å². The maximum absolute atomic E-state index is 12.7. The topological polar surface area (TPSA) is 128 Å². The molecule has 1 aliphatic carbocycles. The molecule has 160 valence electrons. The number of amides is 2. The van der Waals surface area contributed by atoms with Crippen LogP contribution >= 0.6 is 0 Å². The number of benzene rings is 1. The molecule has 0 aliphatic heterocycles. The average Bonchev–Trinajstić information content (AvgIpc) is 2.69. The molecule has 0 saturated heterocycles. The van der Waals surface area contributed by atoms with Crippen LogP contribution < -0.4 is 15.4 Å². The fourth-order valence-electron chi connectivity index (χ4n) is 3.72. The Morgan fingerprint density at radius 2 is 2.00 bits per heavy atom. The zero-order valence-electron chi connectivity index (χ0n) is 17.2. The molecule has 1 unspecified atom stereocenters. The van der Waals surface area contributed by atoms with Crippen molar-refractivity contribution >= 4 is 18.9 Å². The highest BCUT2D eigenvalue weighted by Gasteiger charge is 2.32. The summed E-state index contributed by atoms with van der Waals surface area (Å²) >= 11 is 0. The molecule has 29 heavy (non-hydrogen) atoms. The second-order valence-corrected chi connectivity index (χ2v) is 7.94. The Morgan fingerprint density at radius 1 is 1.28 bits per heavy atom. The minimum Gasteiger partial charge on any atom is -0.496 e. The van der Waals surface area contributed by atoms with Crippen molar-refractivity contribution in [2.75, 3.05) is 13.7 Å². The molecule has 0 fully saturated rings. The van der Waals surface area contributed by atoms with Gasteiger partial charge in [-0.05, 0) is 48.8 Å². The van der Waals surface area contributed by atoms with E-state index in [4.69, 9.17) is 4.74 Å². The first-order valence-electron chi connectivity index (χ1n) is 9.99. The molecule has 2 amide bonds. The Bertz CT molecular complexity index is 712. The number of aliphatic hydroxyl groups is 1. The van der Waals surface area contributed by atoms with E-state index in [-0.39, 0.29) is 17.7 Å². The van der Waals surface area contributed by atoms with Gasteiger partial charge in [0.1, 0.15) is 11.8 Å². The van der Waals surface area contributed by atoms with Gasteiger partial charge in [-0.1, -0.05) is 26.0 Å². The zero-order chi connectivity index (χ0) is 21.6. The fraction of sp³-hybridized carbons (Fsp3) is 0.600. The summed E-state index contributed by atoms with van der Waals surface area (Å²) in [6.45, 7) is 3.20. The number of fused-ring (bicyclic) bond motifs is 1. The van der Waals surface area contributed by atoms with Crippen LogP contribution in [0.5, 0.6) is 5.75 Å². The summed E-state index contributed by atoms with van der Waals surface area (Å²) in [4.78, 5) is 25.1. The highest BCUT2D eigenvalue weighted by molar-refractivity contribution is 6.43. The summed E-state index contributed by atoms with van der Waals surface area (Å²) in [6.07, 6.45) is 2.20. The van der Waals surface area contributed by atoms with Gasteiger partial charge in [-0.2, -0.15) is 0 Å². The molecule has 3 atom stereocenters. The smallest absolute Gasteiger partial charge is 0.475 e. The summed E-state index contributed by atoms with van der Waals surface area (Å²) in [6, 6.07) is 4.60. The van der Waals surface area contributed by atoms with Crippen molar-refractivity contribution in [1.29, 1.82) is 0 Å².